The highest BCUT2D eigenvalue weighted by molar-refractivity contribution is 8.00. The van der Waals surface area contributed by atoms with Crippen molar-refractivity contribution in [3.63, 3.8) is 0 Å². The minimum Gasteiger partial charge on any atom is -0.497 e. The van der Waals surface area contributed by atoms with Crippen LogP contribution in [0.1, 0.15) is 97.9 Å². The fourth-order valence-electron chi connectivity index (χ4n) is 7.15. The molecule has 0 saturated carbocycles. The summed E-state index contributed by atoms with van der Waals surface area (Å²) in [6.07, 6.45) is 7.93. The first-order chi connectivity index (χ1) is 36.5. The van der Waals surface area contributed by atoms with Gasteiger partial charge in [-0.3, -0.25) is 30.5 Å². The molecule has 78 heavy (non-hydrogen) atoms. The summed E-state index contributed by atoms with van der Waals surface area (Å²) in [7, 11) is 3.46. The summed E-state index contributed by atoms with van der Waals surface area (Å²) < 4.78 is 33.3. The Kier molecular flexibility index (Phi) is 19.3. The Bertz CT molecular complexity index is 2900. The molecule has 0 unspecified atom stereocenters. The number of fused-ring (bicyclic) bond motifs is 1. The standard InChI is InChI=1S/C53H67N9O13S3/c1-50(2,3)72-46(66)53(10,11)75-59-38(36-30-78-47(55-36)58-49(68)74-52(7,8)9)42(63)56-39-43(64)62-40(45(65)71-26-31-17-19-34(69-13)20-18-31)33(29-77-44(39)62)27-70-23-15-14-16-37-60(12)21-22-61(37)25-35-24-32(28-76-35)41(54)57-48(67)73-51(4,5)6/h14-22,24,28,30,39,44H,23,25-27,29H2,1-13H3,(H,56,63)(H2,54,57,67)(H,55,58,68)/b15-14+,37-16+,59-38-/t39-,44-/m1/s1. The van der Waals surface area contributed by atoms with Crippen molar-refractivity contribution >= 4 is 87.1 Å². The van der Waals surface area contributed by atoms with E-state index in [-0.39, 0.29) is 47.9 Å². The number of benzene rings is 1. The topological polar surface area (TPSA) is 262 Å². The van der Waals surface area contributed by atoms with E-state index in [0.29, 0.717) is 29.0 Å². The van der Waals surface area contributed by atoms with Gasteiger partial charge in [0.1, 0.15) is 63.6 Å². The summed E-state index contributed by atoms with van der Waals surface area (Å²) in [6.45, 7) is 18.7. The molecule has 1 saturated heterocycles. The highest BCUT2D eigenvalue weighted by atomic mass is 32.2. The summed E-state index contributed by atoms with van der Waals surface area (Å²) in [5, 5.41) is 22.7. The molecule has 1 aromatic carbocycles. The Morgan fingerprint density at radius 3 is 2.23 bits per heavy atom. The van der Waals surface area contributed by atoms with Crippen LogP contribution in [0, 0.1) is 5.41 Å². The smallest absolute Gasteiger partial charge is 0.413 e. The zero-order valence-electron chi connectivity index (χ0n) is 45.9. The maximum atomic E-state index is 14.3. The van der Waals surface area contributed by atoms with E-state index in [1.165, 1.54) is 47.2 Å². The fourth-order valence-corrected chi connectivity index (χ4v) is 10.0. The molecule has 420 valence electrons. The lowest BCUT2D eigenvalue weighted by Gasteiger charge is -2.49. The third kappa shape index (κ3) is 16.6. The van der Waals surface area contributed by atoms with Crippen LogP contribution < -0.4 is 20.7 Å². The summed E-state index contributed by atoms with van der Waals surface area (Å²) in [5.41, 5.74) is -2.82. The van der Waals surface area contributed by atoms with Gasteiger partial charge in [0.05, 0.1) is 26.9 Å². The Labute approximate surface area is 465 Å². The van der Waals surface area contributed by atoms with Gasteiger partial charge in [-0.15, -0.1) is 34.4 Å². The number of allylic oxidation sites excluding steroid dienone is 2. The van der Waals surface area contributed by atoms with E-state index in [0.717, 1.165) is 22.0 Å². The number of amidine groups is 1. The number of β-lactam (4-membered cyclic amide) rings is 1. The van der Waals surface area contributed by atoms with Gasteiger partial charge in [0.2, 0.25) is 5.60 Å². The maximum Gasteiger partial charge on any atom is 0.413 e. The van der Waals surface area contributed by atoms with Crippen molar-refractivity contribution in [2.24, 2.45) is 5.16 Å². The number of nitrogens with zero attached hydrogens (tertiary/aromatic N) is 5. The number of hydrogen-bond donors (Lipinski definition) is 4. The van der Waals surface area contributed by atoms with Crippen molar-refractivity contribution in [3.05, 3.63) is 111 Å². The van der Waals surface area contributed by atoms with Gasteiger partial charge in [0, 0.05) is 46.4 Å². The van der Waals surface area contributed by atoms with Crippen molar-refractivity contribution in [3.8, 4) is 5.75 Å². The summed E-state index contributed by atoms with van der Waals surface area (Å²) in [5.74, 6) is -1.40. The number of hydrogen-bond acceptors (Lipinski definition) is 21. The number of rotatable bonds is 19. The Morgan fingerprint density at radius 1 is 0.885 bits per heavy atom. The molecule has 0 bridgehead atoms. The molecule has 1 fully saturated rings. The van der Waals surface area contributed by atoms with E-state index in [1.54, 1.807) is 99.1 Å². The molecule has 4 N–H and O–H groups in total. The molecule has 25 heteroatoms. The number of amides is 4. The van der Waals surface area contributed by atoms with E-state index < -0.39 is 75.5 Å². The average Bonchev–Trinajstić information content (AvgIpc) is 4.22. The average molecular weight is 1130 g/mol. The first-order valence-corrected chi connectivity index (χ1v) is 27.3. The highest BCUT2D eigenvalue weighted by Crippen LogP contribution is 2.41. The molecule has 4 amide bonds. The van der Waals surface area contributed by atoms with E-state index >= 15 is 0 Å². The van der Waals surface area contributed by atoms with Crippen LogP contribution in [0.3, 0.4) is 0 Å². The van der Waals surface area contributed by atoms with Gasteiger partial charge in [0.15, 0.2) is 10.8 Å². The van der Waals surface area contributed by atoms with Gasteiger partial charge < -0.3 is 48.4 Å². The number of nitrogens with one attached hydrogen (secondary N) is 4. The fraction of sp³-hybridized carbons (Fsp3) is 0.453. The number of alkyl carbamates (subject to hydrolysis) is 1. The lowest BCUT2D eigenvalue weighted by atomic mass is 10.0. The SMILES string of the molecule is COc1ccc(COC(=O)C2=C(COC/C=C/C=C3\N(C)C=CN3Cc3cc(C(=N)NC(=O)OC(C)(C)C)cs3)CS[C@@H]3[C@H](NC(=O)/C(=N\OC(C)(C)C(=O)OC(C)(C)C)c4csc(NC(=O)OC(C)(C)C)n4)C(=O)N23)cc1. The van der Waals surface area contributed by atoms with Gasteiger partial charge in [0.25, 0.3) is 11.8 Å². The number of ether oxygens (including phenoxy) is 6. The minimum absolute atomic E-state index is 0.00987. The van der Waals surface area contributed by atoms with E-state index in [2.05, 4.69) is 26.1 Å². The number of aromatic nitrogens is 1. The zero-order valence-corrected chi connectivity index (χ0v) is 48.3. The molecule has 22 nitrogen and oxygen atoms in total. The van der Waals surface area contributed by atoms with Crippen LogP contribution in [0.2, 0.25) is 0 Å². The second kappa shape index (κ2) is 25.1. The lowest BCUT2D eigenvalue weighted by molar-refractivity contribution is -0.179. The van der Waals surface area contributed by atoms with E-state index in [1.807, 2.05) is 53.5 Å². The third-order valence-electron chi connectivity index (χ3n) is 10.8. The molecule has 0 spiro atoms. The van der Waals surface area contributed by atoms with Crippen molar-refractivity contribution in [1.82, 2.24) is 30.3 Å². The predicted molar refractivity (Wildman–Crippen MR) is 295 cm³/mol. The lowest BCUT2D eigenvalue weighted by Crippen LogP contribution is -2.71. The quantitative estimate of drug-likeness (QED) is 0.0169. The molecular formula is C53H67N9O13S3. The number of esters is 2. The minimum atomic E-state index is -1.69. The van der Waals surface area contributed by atoms with Crippen molar-refractivity contribution < 1.29 is 62.0 Å². The number of thiophene rings is 1. The number of carbonyl (C=O) groups excluding carboxylic acids is 6. The van der Waals surface area contributed by atoms with Crippen molar-refractivity contribution in [1.29, 1.82) is 5.41 Å². The van der Waals surface area contributed by atoms with Crippen LogP contribution in [-0.4, -0.2) is 134 Å². The number of carbonyl (C=O) groups is 6. The van der Waals surface area contributed by atoms with Crippen molar-refractivity contribution in [2.45, 2.75) is 123 Å². The molecule has 0 radical (unpaired) electrons. The molecule has 3 aromatic rings. The molecule has 6 rings (SSSR count). The Morgan fingerprint density at radius 2 is 1.56 bits per heavy atom. The van der Waals surface area contributed by atoms with Gasteiger partial charge in [-0.25, -0.2) is 24.2 Å². The number of thiazole rings is 1. The van der Waals surface area contributed by atoms with E-state index in [4.69, 9.17) is 38.7 Å². The molecule has 3 aliphatic rings. The predicted octanol–water partition coefficient (Wildman–Crippen LogP) is 7.98. The third-order valence-corrected chi connectivity index (χ3v) is 13.8. The van der Waals surface area contributed by atoms with Crippen LogP contribution in [0.4, 0.5) is 14.7 Å². The highest BCUT2D eigenvalue weighted by Gasteiger charge is 2.55. The van der Waals surface area contributed by atoms with Crippen molar-refractivity contribution in [2.75, 3.05) is 38.4 Å². The Hall–Kier alpha value is -7.22. The second-order valence-electron chi connectivity index (χ2n) is 21.3. The molecule has 2 atom stereocenters. The largest absolute Gasteiger partial charge is 0.497 e. The number of methoxy groups -OCH3 is 1. The molecule has 0 aliphatic carbocycles. The van der Waals surface area contributed by atoms with Gasteiger partial charge in [-0.2, -0.15) is 0 Å². The van der Waals surface area contributed by atoms with Gasteiger partial charge in [-0.05, 0) is 112 Å². The second-order valence-corrected chi connectivity index (χ2v) is 24.2. The summed E-state index contributed by atoms with van der Waals surface area (Å²) in [4.78, 5) is 96.8. The Balaban J connectivity index is 1.16. The maximum absolute atomic E-state index is 14.3. The first kappa shape index (κ1) is 60.0. The van der Waals surface area contributed by atoms with Crippen LogP contribution in [0.25, 0.3) is 0 Å². The zero-order chi connectivity index (χ0) is 57.3. The number of anilines is 1. The summed E-state index contributed by atoms with van der Waals surface area (Å²) >= 11 is 3.73. The number of thioether (sulfide) groups is 1. The monoisotopic (exact) mass is 1130 g/mol. The molecule has 2 aromatic heterocycles. The number of oxime groups is 1. The van der Waals surface area contributed by atoms with Gasteiger partial charge >= 0.3 is 24.1 Å². The summed E-state index contributed by atoms with van der Waals surface area (Å²) in [6, 6.07) is 7.65. The van der Waals surface area contributed by atoms with E-state index in [9.17, 15) is 28.8 Å². The normalized spacial score (nSPS) is 17.4. The van der Waals surface area contributed by atoms with Gasteiger partial charge in [-0.1, -0.05) is 29.4 Å². The molecular weight excluding hydrogens is 1070 g/mol. The van der Waals surface area contributed by atoms with Crippen LogP contribution >= 0.6 is 34.4 Å². The first-order valence-electron chi connectivity index (χ1n) is 24.5. The molecule has 3 aliphatic heterocycles. The van der Waals surface area contributed by atoms with Crippen LogP contribution in [-0.2, 0) is 60.9 Å². The van der Waals surface area contributed by atoms with Crippen LogP contribution in [0.5, 0.6) is 5.75 Å². The van der Waals surface area contributed by atoms with Crippen LogP contribution in [0.15, 0.2) is 94.0 Å². The molecule has 5 heterocycles.